The van der Waals surface area contributed by atoms with Crippen molar-refractivity contribution in [2.75, 3.05) is 11.9 Å². The molecule has 0 saturated heterocycles. The summed E-state index contributed by atoms with van der Waals surface area (Å²) in [7, 11) is 2.05. The zero-order chi connectivity index (χ0) is 11.8. The summed E-state index contributed by atoms with van der Waals surface area (Å²) in [5, 5.41) is 3.43. The fourth-order valence-electron chi connectivity index (χ4n) is 2.65. The minimum atomic E-state index is 0.157. The van der Waals surface area contributed by atoms with Gasteiger partial charge in [-0.15, -0.1) is 0 Å². The molecule has 2 heteroatoms. The van der Waals surface area contributed by atoms with Gasteiger partial charge in [-0.25, -0.2) is 0 Å². The molecule has 0 fully saturated rings. The van der Waals surface area contributed by atoms with E-state index in [-0.39, 0.29) is 5.54 Å². The van der Waals surface area contributed by atoms with E-state index in [0.29, 0.717) is 6.17 Å². The number of nitrogens with zero attached hydrogens (tertiary/aromatic N) is 1. The molecule has 1 N–H and O–H groups in total. The summed E-state index contributed by atoms with van der Waals surface area (Å²) < 4.78 is 0. The molecule has 1 aliphatic heterocycles. The largest absolute Gasteiger partial charge is 0.351 e. The molecule has 1 aromatic carbocycles. The van der Waals surface area contributed by atoms with Gasteiger partial charge in [-0.1, -0.05) is 18.2 Å². The third-order valence-electron chi connectivity index (χ3n) is 3.31. The lowest BCUT2D eigenvalue weighted by Crippen LogP contribution is -2.56. The fraction of sp³-hybridized carbons (Fsp3) is 0.571. The minimum Gasteiger partial charge on any atom is -0.351 e. The zero-order valence-electron chi connectivity index (χ0n) is 10.7. The highest BCUT2D eigenvalue weighted by atomic mass is 15.3. The molecule has 0 spiro atoms. The second-order valence-corrected chi connectivity index (χ2v) is 5.51. The van der Waals surface area contributed by atoms with Crippen LogP contribution in [0.5, 0.6) is 0 Å². The highest BCUT2D eigenvalue weighted by Gasteiger charge is 2.32. The van der Waals surface area contributed by atoms with Crippen LogP contribution in [-0.2, 0) is 6.42 Å². The van der Waals surface area contributed by atoms with Crippen molar-refractivity contribution in [3.63, 3.8) is 0 Å². The maximum absolute atomic E-state index is 3.43. The summed E-state index contributed by atoms with van der Waals surface area (Å²) in [5.74, 6) is 0. The van der Waals surface area contributed by atoms with Crippen molar-refractivity contribution in [2.24, 2.45) is 0 Å². The van der Waals surface area contributed by atoms with E-state index in [1.165, 1.54) is 24.1 Å². The van der Waals surface area contributed by atoms with Crippen LogP contribution in [0.2, 0.25) is 0 Å². The van der Waals surface area contributed by atoms with Crippen molar-refractivity contribution in [1.82, 2.24) is 5.32 Å². The van der Waals surface area contributed by atoms with Crippen molar-refractivity contribution in [2.45, 2.75) is 45.3 Å². The summed E-state index contributed by atoms with van der Waals surface area (Å²) in [6.45, 7) is 6.83. The van der Waals surface area contributed by atoms with Gasteiger partial charge in [0, 0.05) is 11.2 Å². The predicted octanol–water partition coefficient (Wildman–Crippen LogP) is 2.78. The predicted molar refractivity (Wildman–Crippen MR) is 69.8 cm³/mol. The molecule has 1 aliphatic rings. The summed E-state index contributed by atoms with van der Waals surface area (Å²) in [6.07, 6.45) is 2.81. The molecular weight excluding hydrogens is 196 g/mol. The monoisotopic (exact) mass is 218 g/mol. The zero-order valence-corrected chi connectivity index (χ0v) is 10.7. The van der Waals surface area contributed by atoms with E-state index in [0.717, 1.165) is 0 Å². The Morgan fingerprint density at radius 3 is 2.56 bits per heavy atom. The number of para-hydroxylation sites is 1. The lowest BCUT2D eigenvalue weighted by Gasteiger charge is -2.47. The highest BCUT2D eigenvalue weighted by Crippen LogP contribution is 2.34. The average molecular weight is 218 g/mol. The Hall–Kier alpha value is -1.02. The van der Waals surface area contributed by atoms with Gasteiger partial charge in [0.2, 0.25) is 0 Å². The second kappa shape index (κ2) is 4.10. The van der Waals surface area contributed by atoms with E-state index in [9.17, 15) is 0 Å². The molecule has 1 atom stereocenters. The number of rotatable bonds is 1. The molecule has 0 amide bonds. The first-order valence-corrected chi connectivity index (χ1v) is 6.08. The standard InChI is InChI=1S/C14H22N2/c1-14(2,3)16-12-8-6-5-7-11(12)9-10-13(16)15-4/h5-8,13,15H,9-10H2,1-4H3. The number of aryl methyl sites for hydroxylation is 1. The number of anilines is 1. The van der Waals surface area contributed by atoms with Crippen molar-refractivity contribution < 1.29 is 0 Å². The number of hydrogen-bond donors (Lipinski definition) is 1. The first kappa shape index (κ1) is 11.5. The van der Waals surface area contributed by atoms with E-state index in [2.05, 4.69) is 62.3 Å². The average Bonchev–Trinajstić information content (AvgIpc) is 2.26. The molecule has 16 heavy (non-hydrogen) atoms. The first-order chi connectivity index (χ1) is 7.54. The van der Waals surface area contributed by atoms with E-state index in [4.69, 9.17) is 0 Å². The molecule has 2 nitrogen and oxygen atoms in total. The quantitative estimate of drug-likeness (QED) is 0.779. The smallest absolute Gasteiger partial charge is 0.0802 e. The van der Waals surface area contributed by atoms with Gasteiger partial charge in [-0.05, 0) is 52.3 Å². The van der Waals surface area contributed by atoms with Gasteiger partial charge in [0.1, 0.15) is 0 Å². The molecule has 1 aromatic rings. The number of benzene rings is 1. The molecule has 0 aliphatic carbocycles. The summed E-state index contributed by atoms with van der Waals surface area (Å²) in [4.78, 5) is 2.51. The molecule has 0 saturated carbocycles. The van der Waals surface area contributed by atoms with E-state index in [1.807, 2.05) is 0 Å². The van der Waals surface area contributed by atoms with Crippen LogP contribution in [0.25, 0.3) is 0 Å². The number of nitrogens with one attached hydrogen (secondary N) is 1. The molecular formula is C14H22N2. The van der Waals surface area contributed by atoms with Crippen LogP contribution in [0.15, 0.2) is 24.3 Å². The Balaban J connectivity index is 2.45. The van der Waals surface area contributed by atoms with Gasteiger partial charge in [0.25, 0.3) is 0 Å². The van der Waals surface area contributed by atoms with Crippen LogP contribution in [0, 0.1) is 0 Å². The minimum absolute atomic E-state index is 0.157. The Bertz CT molecular complexity index is 365. The van der Waals surface area contributed by atoms with Crippen molar-refractivity contribution in [3.8, 4) is 0 Å². The van der Waals surface area contributed by atoms with E-state index >= 15 is 0 Å². The van der Waals surface area contributed by atoms with E-state index in [1.54, 1.807) is 0 Å². The van der Waals surface area contributed by atoms with Crippen LogP contribution < -0.4 is 10.2 Å². The maximum Gasteiger partial charge on any atom is 0.0802 e. The third kappa shape index (κ3) is 1.94. The summed E-state index contributed by atoms with van der Waals surface area (Å²) in [5.41, 5.74) is 3.02. The van der Waals surface area contributed by atoms with E-state index < -0.39 is 0 Å². The van der Waals surface area contributed by atoms with Gasteiger partial charge in [0.15, 0.2) is 0 Å². The van der Waals surface area contributed by atoms with Gasteiger partial charge < -0.3 is 10.2 Å². The normalized spacial score (nSPS) is 20.8. The van der Waals surface area contributed by atoms with Gasteiger partial charge in [-0.3, -0.25) is 0 Å². The van der Waals surface area contributed by atoms with Crippen molar-refractivity contribution in [3.05, 3.63) is 29.8 Å². The molecule has 88 valence electrons. The molecule has 2 rings (SSSR count). The number of hydrogen-bond acceptors (Lipinski definition) is 2. The maximum atomic E-state index is 3.43. The van der Waals surface area contributed by atoms with Crippen molar-refractivity contribution in [1.29, 1.82) is 0 Å². The molecule has 0 radical (unpaired) electrons. The lowest BCUT2D eigenvalue weighted by molar-refractivity contribution is 0.374. The Labute approximate surface area is 98.7 Å². The third-order valence-corrected chi connectivity index (χ3v) is 3.31. The Kier molecular flexibility index (Phi) is 2.94. The topological polar surface area (TPSA) is 15.3 Å². The second-order valence-electron chi connectivity index (χ2n) is 5.51. The lowest BCUT2D eigenvalue weighted by atomic mass is 9.93. The molecule has 1 heterocycles. The SMILES string of the molecule is CNC1CCc2ccccc2N1C(C)(C)C. The fourth-order valence-corrected chi connectivity index (χ4v) is 2.65. The first-order valence-electron chi connectivity index (χ1n) is 6.08. The summed E-state index contributed by atoms with van der Waals surface area (Å²) in [6, 6.07) is 8.76. The molecule has 1 unspecified atom stereocenters. The molecule has 0 aromatic heterocycles. The van der Waals surface area contributed by atoms with Crippen LogP contribution in [0.1, 0.15) is 32.8 Å². The number of fused-ring (bicyclic) bond motifs is 1. The van der Waals surface area contributed by atoms with Gasteiger partial charge in [-0.2, -0.15) is 0 Å². The van der Waals surface area contributed by atoms with Crippen LogP contribution in [0.3, 0.4) is 0 Å². The Morgan fingerprint density at radius 1 is 1.25 bits per heavy atom. The van der Waals surface area contributed by atoms with Gasteiger partial charge >= 0.3 is 0 Å². The highest BCUT2D eigenvalue weighted by molar-refractivity contribution is 5.58. The van der Waals surface area contributed by atoms with Crippen molar-refractivity contribution >= 4 is 5.69 Å². The van der Waals surface area contributed by atoms with Gasteiger partial charge in [0.05, 0.1) is 6.17 Å². The summed E-state index contributed by atoms with van der Waals surface area (Å²) >= 11 is 0. The Morgan fingerprint density at radius 2 is 1.94 bits per heavy atom. The van der Waals surface area contributed by atoms with Crippen LogP contribution >= 0.6 is 0 Å². The van der Waals surface area contributed by atoms with Crippen LogP contribution in [0.4, 0.5) is 5.69 Å². The molecule has 0 bridgehead atoms. The van der Waals surface area contributed by atoms with Crippen LogP contribution in [-0.4, -0.2) is 18.8 Å².